The second-order valence-corrected chi connectivity index (χ2v) is 6.96. The minimum absolute atomic E-state index is 0.171. The van der Waals surface area contributed by atoms with Crippen molar-refractivity contribution in [1.82, 2.24) is 4.90 Å². The van der Waals surface area contributed by atoms with Crippen LogP contribution in [0.25, 0.3) is 0 Å². The molecule has 6 heteroatoms. The third-order valence-electron chi connectivity index (χ3n) is 5.07. The topological polar surface area (TPSA) is 51.9 Å². The molecule has 2 aromatic carbocycles. The van der Waals surface area contributed by atoms with E-state index in [1.54, 1.807) is 31.3 Å². The van der Waals surface area contributed by atoms with Gasteiger partial charge >= 0.3 is 0 Å². The largest absolute Gasteiger partial charge is 0.493 e. The molecule has 2 heterocycles. The summed E-state index contributed by atoms with van der Waals surface area (Å²) in [5.41, 5.74) is 2.93. The van der Waals surface area contributed by atoms with E-state index in [9.17, 15) is 4.79 Å². The lowest BCUT2D eigenvalue weighted by Crippen LogP contribution is -2.40. The summed E-state index contributed by atoms with van der Waals surface area (Å²) in [6, 6.07) is 14.5. The third kappa shape index (κ3) is 3.12. The summed E-state index contributed by atoms with van der Waals surface area (Å²) in [7, 11) is 3.22. The fraction of sp³-hybridized carbons (Fsp3) is 0.227. The summed E-state index contributed by atoms with van der Waals surface area (Å²) in [6.07, 6.45) is 2.20. The van der Waals surface area contributed by atoms with Crippen LogP contribution >= 0.6 is 11.6 Å². The summed E-state index contributed by atoms with van der Waals surface area (Å²) in [5.74, 6) is 1.42. The number of methoxy groups -OCH3 is 2. The number of amides is 1. The number of fused-ring (bicyclic) bond motifs is 1. The Morgan fingerprint density at radius 1 is 1.07 bits per heavy atom. The number of carbonyl (C=O) groups excluding carboxylic acids is 1. The number of nitrogens with zero attached hydrogens (tertiary/aromatic N) is 1. The van der Waals surface area contributed by atoms with Crippen LogP contribution in [-0.4, -0.2) is 31.6 Å². The molecule has 144 valence electrons. The van der Waals surface area contributed by atoms with Crippen LogP contribution in [0, 0.1) is 0 Å². The van der Waals surface area contributed by atoms with Crippen molar-refractivity contribution in [3.8, 4) is 11.5 Å². The highest BCUT2D eigenvalue weighted by molar-refractivity contribution is 6.31. The van der Waals surface area contributed by atoms with Gasteiger partial charge in [0.1, 0.15) is 0 Å². The van der Waals surface area contributed by atoms with Crippen molar-refractivity contribution in [3.05, 3.63) is 82.3 Å². The zero-order valence-electron chi connectivity index (χ0n) is 15.6. The first kappa shape index (κ1) is 18.4. The Labute approximate surface area is 168 Å². The summed E-state index contributed by atoms with van der Waals surface area (Å²) in [4.78, 5) is 15.0. The molecule has 28 heavy (non-hydrogen) atoms. The maximum Gasteiger partial charge on any atom is 0.290 e. The number of carbonyl (C=O) groups is 1. The normalized spacial score (nSPS) is 15.8. The SMILES string of the molecule is COc1cc2c(cc1OC)[C@@H](c1ccccc1Cl)N(C(=O)c1ccco1)CC2. The van der Waals surface area contributed by atoms with Crippen LogP contribution in [-0.2, 0) is 6.42 Å². The fourth-order valence-corrected chi connectivity index (χ4v) is 3.98. The van der Waals surface area contributed by atoms with E-state index in [-0.39, 0.29) is 11.9 Å². The highest BCUT2D eigenvalue weighted by atomic mass is 35.5. The summed E-state index contributed by atoms with van der Waals surface area (Å²) < 4.78 is 16.3. The molecule has 0 unspecified atom stereocenters. The Kier molecular flexibility index (Phi) is 5.01. The minimum atomic E-state index is -0.352. The summed E-state index contributed by atoms with van der Waals surface area (Å²) >= 11 is 6.53. The zero-order valence-corrected chi connectivity index (χ0v) is 16.4. The first-order valence-electron chi connectivity index (χ1n) is 8.97. The van der Waals surface area contributed by atoms with Crippen LogP contribution in [0.4, 0.5) is 0 Å². The number of benzene rings is 2. The Hall–Kier alpha value is -2.92. The molecule has 0 bridgehead atoms. The number of hydrogen-bond donors (Lipinski definition) is 0. The molecule has 0 N–H and O–H groups in total. The van der Waals surface area contributed by atoms with Gasteiger partial charge in [0, 0.05) is 11.6 Å². The highest BCUT2D eigenvalue weighted by Crippen LogP contribution is 2.43. The Morgan fingerprint density at radius 2 is 1.82 bits per heavy atom. The van der Waals surface area contributed by atoms with E-state index in [1.165, 1.54) is 6.26 Å². The second-order valence-electron chi connectivity index (χ2n) is 6.56. The summed E-state index contributed by atoms with van der Waals surface area (Å²) in [5, 5.41) is 0.604. The standard InChI is InChI=1S/C22H20ClNO4/c1-26-19-12-14-9-10-24(22(25)18-8-5-11-28-18)21(16(14)13-20(19)27-2)15-6-3-4-7-17(15)23/h3-8,11-13,21H,9-10H2,1-2H3/t21-/m1/s1. The molecule has 0 fully saturated rings. The number of halogens is 1. The highest BCUT2D eigenvalue weighted by Gasteiger charge is 2.35. The predicted molar refractivity (Wildman–Crippen MR) is 106 cm³/mol. The van der Waals surface area contributed by atoms with Gasteiger partial charge in [-0.25, -0.2) is 0 Å². The van der Waals surface area contributed by atoms with Crippen molar-refractivity contribution < 1.29 is 18.7 Å². The van der Waals surface area contributed by atoms with Crippen molar-refractivity contribution in [2.75, 3.05) is 20.8 Å². The van der Waals surface area contributed by atoms with Gasteiger partial charge in [0.15, 0.2) is 17.3 Å². The van der Waals surface area contributed by atoms with Crippen molar-refractivity contribution in [3.63, 3.8) is 0 Å². The molecule has 1 aliphatic rings. The van der Waals surface area contributed by atoms with Crippen LogP contribution in [0.1, 0.15) is 33.3 Å². The molecule has 1 atom stereocenters. The van der Waals surface area contributed by atoms with Gasteiger partial charge in [0.05, 0.1) is 26.5 Å². The monoisotopic (exact) mass is 397 g/mol. The van der Waals surface area contributed by atoms with Crippen LogP contribution in [0.3, 0.4) is 0 Å². The first-order chi connectivity index (χ1) is 13.6. The number of hydrogen-bond acceptors (Lipinski definition) is 4. The van der Waals surface area contributed by atoms with Gasteiger partial charge in [0.25, 0.3) is 5.91 Å². The third-order valence-corrected chi connectivity index (χ3v) is 5.41. The van der Waals surface area contributed by atoms with Gasteiger partial charge < -0.3 is 18.8 Å². The van der Waals surface area contributed by atoms with E-state index < -0.39 is 0 Å². The first-order valence-corrected chi connectivity index (χ1v) is 9.35. The molecule has 5 nitrogen and oxygen atoms in total. The lowest BCUT2D eigenvalue weighted by Gasteiger charge is -2.38. The minimum Gasteiger partial charge on any atom is -0.493 e. The molecule has 1 amide bonds. The average molecular weight is 398 g/mol. The van der Waals surface area contributed by atoms with Crippen molar-refractivity contribution in [2.45, 2.75) is 12.5 Å². The van der Waals surface area contributed by atoms with Crippen molar-refractivity contribution in [2.24, 2.45) is 0 Å². The van der Waals surface area contributed by atoms with E-state index in [1.807, 2.05) is 36.4 Å². The summed E-state index contributed by atoms with van der Waals surface area (Å²) in [6.45, 7) is 0.540. The molecule has 0 radical (unpaired) electrons. The number of furan rings is 1. The molecular formula is C22H20ClNO4. The molecular weight excluding hydrogens is 378 g/mol. The molecule has 0 aliphatic carbocycles. The van der Waals surface area contributed by atoms with E-state index in [0.717, 1.165) is 16.7 Å². The maximum atomic E-state index is 13.2. The molecule has 1 aliphatic heterocycles. The molecule has 0 saturated carbocycles. The van der Waals surface area contributed by atoms with Gasteiger partial charge in [-0.3, -0.25) is 4.79 Å². The van der Waals surface area contributed by atoms with Crippen molar-refractivity contribution in [1.29, 1.82) is 0 Å². The average Bonchev–Trinajstić information content (AvgIpc) is 3.26. The van der Waals surface area contributed by atoms with E-state index >= 15 is 0 Å². The predicted octanol–water partition coefficient (Wildman–Crippen LogP) is 4.74. The van der Waals surface area contributed by atoms with E-state index in [2.05, 4.69) is 0 Å². The molecule has 0 saturated heterocycles. The lowest BCUT2D eigenvalue weighted by molar-refractivity contribution is 0.0661. The zero-order chi connectivity index (χ0) is 19.7. The van der Waals surface area contributed by atoms with E-state index in [4.69, 9.17) is 25.5 Å². The quantitative estimate of drug-likeness (QED) is 0.638. The number of ether oxygens (including phenoxy) is 2. The van der Waals surface area contributed by atoms with Crippen molar-refractivity contribution >= 4 is 17.5 Å². The van der Waals surface area contributed by atoms with Gasteiger partial charge in [-0.1, -0.05) is 29.8 Å². The molecule has 0 spiro atoms. The maximum absolute atomic E-state index is 13.2. The van der Waals surface area contributed by atoms with Gasteiger partial charge in [-0.05, 0) is 53.4 Å². The van der Waals surface area contributed by atoms with E-state index in [0.29, 0.717) is 35.2 Å². The Balaban J connectivity index is 1.89. The fourth-order valence-electron chi connectivity index (χ4n) is 3.74. The van der Waals surface area contributed by atoms with Gasteiger partial charge in [0.2, 0.25) is 0 Å². The Morgan fingerprint density at radius 3 is 2.50 bits per heavy atom. The lowest BCUT2D eigenvalue weighted by atomic mass is 9.87. The van der Waals surface area contributed by atoms with Gasteiger partial charge in [-0.15, -0.1) is 0 Å². The second kappa shape index (κ2) is 7.60. The molecule has 4 rings (SSSR count). The van der Waals surface area contributed by atoms with Crippen LogP contribution in [0.15, 0.2) is 59.2 Å². The van der Waals surface area contributed by atoms with Crippen LogP contribution in [0.5, 0.6) is 11.5 Å². The molecule has 1 aromatic heterocycles. The smallest absolute Gasteiger partial charge is 0.290 e. The number of rotatable bonds is 4. The van der Waals surface area contributed by atoms with Crippen LogP contribution < -0.4 is 9.47 Å². The van der Waals surface area contributed by atoms with Gasteiger partial charge in [-0.2, -0.15) is 0 Å². The Bertz CT molecular complexity index is 1000. The molecule has 3 aromatic rings. The van der Waals surface area contributed by atoms with Crippen LogP contribution in [0.2, 0.25) is 5.02 Å².